The first-order valence-corrected chi connectivity index (χ1v) is 12.0. The lowest BCUT2D eigenvalue weighted by atomic mass is 9.85. The van der Waals surface area contributed by atoms with Gasteiger partial charge in [0, 0.05) is 31.7 Å². The summed E-state index contributed by atoms with van der Waals surface area (Å²) in [6.07, 6.45) is 0. The number of carbonyl (C=O) groups excluding carboxylic acids is 2. The summed E-state index contributed by atoms with van der Waals surface area (Å²) in [6, 6.07) is 14.1. The van der Waals surface area contributed by atoms with Gasteiger partial charge in [0.25, 0.3) is 11.7 Å². The Morgan fingerprint density at radius 2 is 1.63 bits per heavy atom. The van der Waals surface area contributed by atoms with Crippen LogP contribution in [0, 0.1) is 0 Å². The Morgan fingerprint density at radius 1 is 1.00 bits per heavy atom. The molecule has 2 aliphatic heterocycles. The van der Waals surface area contributed by atoms with Crippen molar-refractivity contribution in [3.05, 3.63) is 70.8 Å². The maximum Gasteiger partial charge on any atom is 0.295 e. The molecular weight excluding hydrogens is 444 g/mol. The zero-order chi connectivity index (χ0) is 25.2. The molecule has 0 aliphatic carbocycles. The average Bonchev–Trinajstić information content (AvgIpc) is 3.12. The summed E-state index contributed by atoms with van der Waals surface area (Å²) in [4.78, 5) is 30.3. The van der Waals surface area contributed by atoms with Crippen molar-refractivity contribution < 1.29 is 24.2 Å². The smallest absolute Gasteiger partial charge is 0.295 e. The van der Waals surface area contributed by atoms with Crippen LogP contribution in [0.15, 0.2) is 54.1 Å². The van der Waals surface area contributed by atoms with E-state index in [0.29, 0.717) is 37.6 Å². The summed E-state index contributed by atoms with van der Waals surface area (Å²) >= 11 is 0. The van der Waals surface area contributed by atoms with Gasteiger partial charge in [0.2, 0.25) is 0 Å². The second kappa shape index (κ2) is 10.2. The number of benzene rings is 2. The summed E-state index contributed by atoms with van der Waals surface area (Å²) in [5.41, 5.74) is 2.51. The minimum absolute atomic E-state index is 0.0280. The van der Waals surface area contributed by atoms with Crippen molar-refractivity contribution in [3.63, 3.8) is 0 Å². The maximum atomic E-state index is 13.2. The third-order valence-electron chi connectivity index (χ3n) is 6.76. The number of Topliss-reactive ketones (excluding diaryl/α,β-unsaturated/α-hetero) is 1. The molecule has 7 nitrogen and oxygen atoms in total. The number of carbonyl (C=O) groups is 2. The second-order valence-electron chi connectivity index (χ2n) is 10.0. The lowest BCUT2D eigenvalue weighted by Crippen LogP contribution is -2.42. The predicted molar refractivity (Wildman–Crippen MR) is 134 cm³/mol. The maximum absolute atomic E-state index is 13.2. The molecule has 7 heteroatoms. The fourth-order valence-electron chi connectivity index (χ4n) is 4.60. The van der Waals surface area contributed by atoms with Crippen molar-refractivity contribution in [1.82, 2.24) is 9.80 Å². The highest BCUT2D eigenvalue weighted by Crippen LogP contribution is 2.40. The number of hydrogen-bond donors (Lipinski definition) is 1. The van der Waals surface area contributed by atoms with Crippen LogP contribution in [0.2, 0.25) is 0 Å². The first-order valence-electron chi connectivity index (χ1n) is 12.0. The van der Waals surface area contributed by atoms with Gasteiger partial charge < -0.3 is 19.5 Å². The van der Waals surface area contributed by atoms with Crippen molar-refractivity contribution in [2.24, 2.45) is 0 Å². The molecule has 2 saturated heterocycles. The molecule has 186 valence electrons. The van der Waals surface area contributed by atoms with Gasteiger partial charge in [-0.05, 0) is 40.8 Å². The van der Waals surface area contributed by atoms with Crippen LogP contribution in [-0.2, 0) is 19.7 Å². The normalized spacial score (nSPS) is 20.9. The van der Waals surface area contributed by atoms with E-state index < -0.39 is 17.7 Å². The van der Waals surface area contributed by atoms with Crippen LogP contribution in [0.1, 0.15) is 43.5 Å². The van der Waals surface area contributed by atoms with Crippen LogP contribution < -0.4 is 4.74 Å². The number of nitrogens with zero attached hydrogens (tertiary/aromatic N) is 2. The van der Waals surface area contributed by atoms with Crippen LogP contribution in [0.5, 0.6) is 5.75 Å². The molecule has 0 unspecified atom stereocenters. The summed E-state index contributed by atoms with van der Waals surface area (Å²) in [7, 11) is 1.57. The van der Waals surface area contributed by atoms with Crippen molar-refractivity contribution >= 4 is 17.4 Å². The van der Waals surface area contributed by atoms with E-state index >= 15 is 0 Å². The van der Waals surface area contributed by atoms with Crippen molar-refractivity contribution in [1.29, 1.82) is 0 Å². The van der Waals surface area contributed by atoms with Gasteiger partial charge in [-0.3, -0.25) is 14.5 Å². The van der Waals surface area contributed by atoms with E-state index in [1.807, 2.05) is 24.3 Å². The van der Waals surface area contributed by atoms with E-state index in [1.165, 1.54) is 0 Å². The summed E-state index contributed by atoms with van der Waals surface area (Å²) < 4.78 is 10.6. The summed E-state index contributed by atoms with van der Waals surface area (Å²) in [5.74, 6) is -0.782. The number of morpholine rings is 1. The van der Waals surface area contributed by atoms with Crippen molar-refractivity contribution in [2.45, 2.75) is 32.2 Å². The first kappa shape index (κ1) is 24.9. The van der Waals surface area contributed by atoms with Crippen LogP contribution in [0.4, 0.5) is 0 Å². The number of methoxy groups -OCH3 is 1. The van der Waals surface area contributed by atoms with Crippen molar-refractivity contribution in [2.75, 3.05) is 46.5 Å². The van der Waals surface area contributed by atoms with Gasteiger partial charge in [-0.15, -0.1) is 0 Å². The van der Waals surface area contributed by atoms with Gasteiger partial charge >= 0.3 is 0 Å². The minimum atomic E-state index is -0.662. The monoisotopic (exact) mass is 478 g/mol. The van der Waals surface area contributed by atoms with Gasteiger partial charge in [0.05, 0.1) is 31.9 Å². The quantitative estimate of drug-likeness (QED) is 0.387. The Kier molecular flexibility index (Phi) is 7.28. The molecule has 0 bridgehead atoms. The molecule has 2 heterocycles. The molecule has 0 spiro atoms. The fourth-order valence-corrected chi connectivity index (χ4v) is 4.60. The predicted octanol–water partition coefficient (Wildman–Crippen LogP) is 3.75. The standard InChI is InChI=1S/C28H34N2O5/c1-28(2,3)21-9-5-19(6-10-21)24-23(25(31)20-7-11-22(34-4)12-8-20)26(32)27(33)30(24)14-13-29-15-17-35-18-16-29/h5-12,24,31H,13-18H2,1-4H3/b25-23+/t24-/m0/s1. The topological polar surface area (TPSA) is 79.3 Å². The number of aliphatic hydroxyl groups is 1. The Bertz CT molecular complexity index is 1090. The molecular formula is C28H34N2O5. The van der Waals surface area contributed by atoms with Crippen LogP contribution >= 0.6 is 0 Å². The first-order chi connectivity index (χ1) is 16.7. The van der Waals surface area contributed by atoms with E-state index in [1.54, 1.807) is 36.3 Å². The Labute approximate surface area is 206 Å². The molecule has 4 rings (SSSR count). The third kappa shape index (κ3) is 5.26. The summed E-state index contributed by atoms with van der Waals surface area (Å²) in [5, 5.41) is 11.2. The van der Waals surface area contributed by atoms with E-state index in [2.05, 4.69) is 25.7 Å². The van der Waals surface area contributed by atoms with Gasteiger partial charge in [-0.25, -0.2) is 0 Å². The molecule has 2 aromatic rings. The molecule has 2 fully saturated rings. The molecule has 1 atom stereocenters. The molecule has 0 saturated carbocycles. The molecule has 0 aromatic heterocycles. The molecule has 0 radical (unpaired) electrons. The van der Waals surface area contributed by atoms with Gasteiger partial charge in [-0.2, -0.15) is 0 Å². The average molecular weight is 479 g/mol. The SMILES string of the molecule is COc1ccc(/C(O)=C2\C(=O)C(=O)N(CCN3CCOCC3)[C@H]2c2ccc(C(C)(C)C)cc2)cc1. The Balaban J connectivity index is 1.74. The second-order valence-corrected chi connectivity index (χ2v) is 10.0. The number of likely N-dealkylation sites (tertiary alicyclic amines) is 1. The number of rotatable bonds is 6. The van der Waals surface area contributed by atoms with E-state index in [4.69, 9.17) is 9.47 Å². The lowest BCUT2D eigenvalue weighted by Gasteiger charge is -2.31. The minimum Gasteiger partial charge on any atom is -0.507 e. The summed E-state index contributed by atoms with van der Waals surface area (Å²) in [6.45, 7) is 10.3. The number of ketones is 1. The van der Waals surface area contributed by atoms with Crippen molar-refractivity contribution in [3.8, 4) is 5.75 Å². The molecule has 2 aliphatic rings. The Hall–Kier alpha value is -3.16. The fraction of sp³-hybridized carbons (Fsp3) is 0.429. The highest BCUT2D eigenvalue weighted by atomic mass is 16.5. The van der Waals surface area contributed by atoms with Gasteiger partial charge in [0.15, 0.2) is 0 Å². The number of aliphatic hydroxyl groups excluding tert-OH is 1. The number of ether oxygens (including phenoxy) is 2. The molecule has 2 aromatic carbocycles. The van der Waals surface area contributed by atoms with E-state index in [0.717, 1.165) is 24.2 Å². The third-order valence-corrected chi connectivity index (χ3v) is 6.76. The Morgan fingerprint density at radius 3 is 2.20 bits per heavy atom. The largest absolute Gasteiger partial charge is 0.507 e. The lowest BCUT2D eigenvalue weighted by molar-refractivity contribution is -0.140. The number of hydrogen-bond acceptors (Lipinski definition) is 6. The molecule has 35 heavy (non-hydrogen) atoms. The molecule has 1 amide bonds. The number of amides is 1. The highest BCUT2D eigenvalue weighted by molar-refractivity contribution is 6.46. The highest BCUT2D eigenvalue weighted by Gasteiger charge is 2.46. The zero-order valence-corrected chi connectivity index (χ0v) is 20.9. The van der Waals surface area contributed by atoms with Gasteiger partial charge in [0.1, 0.15) is 11.5 Å². The molecule has 1 N–H and O–H groups in total. The van der Waals surface area contributed by atoms with E-state index in [-0.39, 0.29) is 16.7 Å². The van der Waals surface area contributed by atoms with Crippen LogP contribution in [0.3, 0.4) is 0 Å². The zero-order valence-electron chi connectivity index (χ0n) is 20.9. The van der Waals surface area contributed by atoms with E-state index in [9.17, 15) is 14.7 Å². The van der Waals surface area contributed by atoms with Crippen LogP contribution in [-0.4, -0.2) is 73.1 Å². The van der Waals surface area contributed by atoms with Crippen LogP contribution in [0.25, 0.3) is 5.76 Å². The van der Waals surface area contributed by atoms with Gasteiger partial charge in [-0.1, -0.05) is 45.0 Å².